The molecule has 0 heterocycles. The Hall–Kier alpha value is -3.04. The van der Waals surface area contributed by atoms with Gasteiger partial charge >= 0.3 is 5.97 Å². The van der Waals surface area contributed by atoms with Gasteiger partial charge in [0.1, 0.15) is 0 Å². The largest absolute Gasteiger partial charge is 0.505 e. The number of aliphatic hydroxyl groups is 1. The van der Waals surface area contributed by atoms with Gasteiger partial charge in [0.15, 0.2) is 5.76 Å². The molecule has 2 rings (SSSR count). The molecule has 8 nitrogen and oxygen atoms in total. The van der Waals surface area contributed by atoms with E-state index < -0.39 is 27.5 Å². The molecule has 0 atom stereocenters. The molecule has 26 heavy (non-hydrogen) atoms. The SMILES string of the molecule is CCOC(=O)/C(N=Nc1ccc(S(=O)(=O)O)cc1)=C(\O)c1ccccc1. The van der Waals surface area contributed by atoms with Crippen molar-refractivity contribution in [2.75, 3.05) is 6.61 Å². The van der Waals surface area contributed by atoms with Gasteiger partial charge in [0.05, 0.1) is 17.2 Å². The molecule has 0 spiro atoms. The van der Waals surface area contributed by atoms with E-state index in [4.69, 9.17) is 9.29 Å². The number of azo groups is 1. The Labute approximate surface area is 150 Å². The van der Waals surface area contributed by atoms with E-state index in [1.807, 2.05) is 0 Å². The summed E-state index contributed by atoms with van der Waals surface area (Å²) < 4.78 is 35.9. The van der Waals surface area contributed by atoms with E-state index in [1.165, 1.54) is 12.1 Å². The van der Waals surface area contributed by atoms with Crippen LogP contribution in [-0.4, -0.2) is 30.7 Å². The van der Waals surface area contributed by atoms with E-state index in [0.29, 0.717) is 5.56 Å². The normalized spacial score (nSPS) is 12.7. The van der Waals surface area contributed by atoms with Gasteiger partial charge in [-0.15, -0.1) is 5.11 Å². The molecule has 0 radical (unpaired) electrons. The Balaban J connectivity index is 2.38. The van der Waals surface area contributed by atoms with Gasteiger partial charge in [-0.3, -0.25) is 4.55 Å². The third kappa shape index (κ3) is 4.98. The molecule has 2 aromatic carbocycles. The molecule has 0 bridgehead atoms. The summed E-state index contributed by atoms with van der Waals surface area (Å²) in [6, 6.07) is 13.1. The summed E-state index contributed by atoms with van der Waals surface area (Å²) in [5.74, 6) is -1.26. The number of hydrogen-bond donors (Lipinski definition) is 2. The van der Waals surface area contributed by atoms with Crippen molar-refractivity contribution in [3.8, 4) is 0 Å². The van der Waals surface area contributed by atoms with Crippen molar-refractivity contribution in [1.82, 2.24) is 0 Å². The zero-order chi connectivity index (χ0) is 19.2. The molecule has 2 aromatic rings. The van der Waals surface area contributed by atoms with Crippen LogP contribution in [0.5, 0.6) is 0 Å². The molecule has 0 aliphatic heterocycles. The van der Waals surface area contributed by atoms with Crippen LogP contribution in [0.25, 0.3) is 5.76 Å². The number of ether oxygens (including phenoxy) is 1. The van der Waals surface area contributed by atoms with Crippen LogP contribution in [0.4, 0.5) is 5.69 Å². The number of aliphatic hydroxyl groups excluding tert-OH is 1. The van der Waals surface area contributed by atoms with Crippen LogP contribution in [0.2, 0.25) is 0 Å². The van der Waals surface area contributed by atoms with Gasteiger partial charge in [-0.25, -0.2) is 4.79 Å². The number of rotatable bonds is 6. The zero-order valence-electron chi connectivity index (χ0n) is 13.7. The second kappa shape index (κ2) is 8.37. The Kier molecular flexibility index (Phi) is 6.21. The second-order valence-corrected chi connectivity index (χ2v) is 6.37. The third-order valence-electron chi connectivity index (χ3n) is 3.14. The van der Waals surface area contributed by atoms with Crippen molar-refractivity contribution < 1.29 is 27.6 Å². The van der Waals surface area contributed by atoms with Crippen molar-refractivity contribution in [1.29, 1.82) is 0 Å². The molecular weight excluding hydrogens is 360 g/mol. The minimum atomic E-state index is -4.32. The summed E-state index contributed by atoms with van der Waals surface area (Å²) in [6.07, 6.45) is 0. The minimum Gasteiger partial charge on any atom is -0.505 e. The number of carbonyl (C=O) groups excluding carboxylic acids is 1. The highest BCUT2D eigenvalue weighted by atomic mass is 32.2. The van der Waals surface area contributed by atoms with Crippen LogP contribution in [0, 0.1) is 0 Å². The number of carbonyl (C=O) groups is 1. The fraction of sp³-hybridized carbons (Fsp3) is 0.118. The first-order valence-electron chi connectivity index (χ1n) is 7.48. The van der Waals surface area contributed by atoms with E-state index in [1.54, 1.807) is 37.3 Å². The fourth-order valence-corrected chi connectivity index (χ4v) is 2.39. The summed E-state index contributed by atoms with van der Waals surface area (Å²) in [5.41, 5.74) is 0.174. The van der Waals surface area contributed by atoms with Crippen molar-refractivity contribution in [3.63, 3.8) is 0 Å². The van der Waals surface area contributed by atoms with Crippen molar-refractivity contribution in [2.24, 2.45) is 10.2 Å². The molecule has 0 unspecified atom stereocenters. The maximum Gasteiger partial charge on any atom is 0.362 e. The van der Waals surface area contributed by atoms with Gasteiger partial charge in [0.2, 0.25) is 5.70 Å². The van der Waals surface area contributed by atoms with Crippen LogP contribution in [-0.2, 0) is 19.6 Å². The predicted molar refractivity (Wildman–Crippen MR) is 93.4 cm³/mol. The maximum absolute atomic E-state index is 12.1. The van der Waals surface area contributed by atoms with Crippen LogP contribution in [0.15, 0.2) is 75.4 Å². The summed E-state index contributed by atoms with van der Waals surface area (Å²) in [5, 5.41) is 17.9. The van der Waals surface area contributed by atoms with Gasteiger partial charge < -0.3 is 9.84 Å². The van der Waals surface area contributed by atoms with Gasteiger partial charge in [-0.05, 0) is 31.2 Å². The molecule has 0 amide bonds. The summed E-state index contributed by atoms with van der Waals surface area (Å²) in [4.78, 5) is 11.8. The van der Waals surface area contributed by atoms with E-state index in [0.717, 1.165) is 12.1 Å². The molecule has 0 aliphatic rings. The second-order valence-electron chi connectivity index (χ2n) is 4.95. The molecular formula is C17H16N2O6S. The third-order valence-corrected chi connectivity index (χ3v) is 4.01. The number of benzene rings is 2. The maximum atomic E-state index is 12.1. The average Bonchev–Trinajstić information content (AvgIpc) is 2.62. The molecule has 0 aromatic heterocycles. The molecule has 9 heteroatoms. The minimum absolute atomic E-state index is 0.0863. The Morgan fingerprint density at radius 2 is 1.69 bits per heavy atom. The van der Waals surface area contributed by atoms with E-state index in [-0.39, 0.29) is 17.2 Å². The van der Waals surface area contributed by atoms with E-state index in [2.05, 4.69) is 10.2 Å². The quantitative estimate of drug-likeness (QED) is 0.261. The lowest BCUT2D eigenvalue weighted by Crippen LogP contribution is -2.08. The Bertz CT molecular complexity index is 935. The van der Waals surface area contributed by atoms with Crippen LogP contribution >= 0.6 is 0 Å². The number of nitrogens with zero attached hydrogens (tertiary/aromatic N) is 2. The molecule has 136 valence electrons. The molecule has 0 fully saturated rings. The van der Waals surface area contributed by atoms with Gasteiger partial charge in [-0.2, -0.15) is 13.5 Å². The highest BCUT2D eigenvalue weighted by Gasteiger charge is 2.18. The first-order chi connectivity index (χ1) is 12.3. The molecule has 0 saturated heterocycles. The average molecular weight is 376 g/mol. The van der Waals surface area contributed by atoms with Crippen LogP contribution in [0.3, 0.4) is 0 Å². The highest BCUT2D eigenvalue weighted by molar-refractivity contribution is 7.85. The summed E-state index contributed by atoms with van der Waals surface area (Å²) in [6.45, 7) is 1.70. The topological polar surface area (TPSA) is 126 Å². The van der Waals surface area contributed by atoms with Crippen LogP contribution in [0.1, 0.15) is 12.5 Å². The standard InChI is InChI=1S/C17H16N2O6S/c1-2-25-17(21)15(16(20)12-6-4-3-5-7-12)19-18-13-8-10-14(11-9-13)26(22,23)24/h3-11,20H,2H2,1H3,(H,22,23,24)/b16-15+,19-18?. The van der Waals surface area contributed by atoms with Crippen molar-refractivity contribution in [3.05, 3.63) is 65.9 Å². The lowest BCUT2D eigenvalue weighted by molar-refractivity contribution is -0.138. The van der Waals surface area contributed by atoms with Gasteiger partial charge in [0.25, 0.3) is 10.1 Å². The Morgan fingerprint density at radius 3 is 2.23 bits per heavy atom. The van der Waals surface area contributed by atoms with Gasteiger partial charge in [-0.1, -0.05) is 30.3 Å². The predicted octanol–water partition coefficient (Wildman–Crippen LogP) is 3.51. The van der Waals surface area contributed by atoms with Crippen molar-refractivity contribution >= 4 is 27.5 Å². The Morgan fingerprint density at radius 1 is 1.08 bits per heavy atom. The van der Waals surface area contributed by atoms with E-state index in [9.17, 15) is 18.3 Å². The fourth-order valence-electron chi connectivity index (χ4n) is 1.91. The van der Waals surface area contributed by atoms with E-state index >= 15 is 0 Å². The number of hydrogen-bond acceptors (Lipinski definition) is 7. The zero-order valence-corrected chi connectivity index (χ0v) is 14.5. The summed E-state index contributed by atoms with van der Waals surface area (Å²) in [7, 11) is -4.32. The van der Waals surface area contributed by atoms with Gasteiger partial charge in [0, 0.05) is 5.56 Å². The first-order valence-corrected chi connectivity index (χ1v) is 8.92. The number of esters is 1. The first kappa shape index (κ1) is 19.3. The molecule has 2 N–H and O–H groups in total. The molecule has 0 aliphatic carbocycles. The summed E-state index contributed by atoms with van der Waals surface area (Å²) >= 11 is 0. The highest BCUT2D eigenvalue weighted by Crippen LogP contribution is 2.22. The van der Waals surface area contributed by atoms with Crippen LogP contribution < -0.4 is 0 Å². The monoisotopic (exact) mass is 376 g/mol. The smallest absolute Gasteiger partial charge is 0.362 e. The van der Waals surface area contributed by atoms with Crippen molar-refractivity contribution in [2.45, 2.75) is 11.8 Å². The lowest BCUT2D eigenvalue weighted by atomic mass is 10.1. The molecule has 0 saturated carbocycles. The lowest BCUT2D eigenvalue weighted by Gasteiger charge is -2.05.